The van der Waals surface area contributed by atoms with Crippen LogP contribution < -0.4 is 4.90 Å². The maximum absolute atomic E-state index is 4.89. The van der Waals surface area contributed by atoms with Gasteiger partial charge in [-0.1, -0.05) is 43.4 Å². The van der Waals surface area contributed by atoms with E-state index in [1.807, 2.05) is 0 Å². The minimum Gasteiger partial charge on any atom is -0.368 e. The van der Waals surface area contributed by atoms with Crippen LogP contribution in [0.25, 0.3) is 5.57 Å². The number of hydrogen-bond acceptors (Lipinski definition) is 3. The van der Waals surface area contributed by atoms with E-state index in [2.05, 4.69) is 73.5 Å². The lowest BCUT2D eigenvalue weighted by atomic mass is 10.1. The van der Waals surface area contributed by atoms with E-state index in [0.717, 1.165) is 30.8 Å². The van der Waals surface area contributed by atoms with E-state index < -0.39 is 0 Å². The molecule has 0 amide bonds. The predicted octanol–water partition coefficient (Wildman–Crippen LogP) is 5.51. The Morgan fingerprint density at radius 1 is 1.38 bits per heavy atom. The van der Waals surface area contributed by atoms with Crippen LogP contribution in [0.15, 0.2) is 47.9 Å². The van der Waals surface area contributed by atoms with Gasteiger partial charge in [0, 0.05) is 35.6 Å². The molecule has 2 nitrogen and oxygen atoms in total. The van der Waals surface area contributed by atoms with Gasteiger partial charge in [-0.25, -0.2) is 4.98 Å². The molecule has 0 fully saturated rings. The lowest BCUT2D eigenvalue weighted by Gasteiger charge is -2.26. The molecular weight excluding hydrogens is 312 g/mol. The third-order valence-electron chi connectivity index (χ3n) is 4.53. The fourth-order valence-corrected chi connectivity index (χ4v) is 4.25. The number of aromatic nitrogens is 1. The van der Waals surface area contributed by atoms with Crippen molar-refractivity contribution in [1.82, 2.24) is 4.98 Å². The van der Waals surface area contributed by atoms with E-state index in [-0.39, 0.29) is 0 Å². The summed E-state index contributed by atoms with van der Waals surface area (Å²) in [6, 6.07) is 9.26. The Morgan fingerprint density at radius 3 is 3.00 bits per heavy atom. The Bertz CT molecular complexity index is 742. The quantitative estimate of drug-likeness (QED) is 0.646. The molecule has 1 aliphatic rings. The van der Waals surface area contributed by atoms with E-state index in [1.54, 1.807) is 11.3 Å². The highest BCUT2D eigenvalue weighted by atomic mass is 32.1. The molecule has 0 saturated heterocycles. The van der Waals surface area contributed by atoms with Gasteiger partial charge in [-0.05, 0) is 38.3 Å². The van der Waals surface area contributed by atoms with Crippen LogP contribution >= 0.6 is 11.3 Å². The summed E-state index contributed by atoms with van der Waals surface area (Å²) in [5, 5.41) is 3.36. The van der Waals surface area contributed by atoms with Gasteiger partial charge in [0.05, 0.1) is 5.69 Å². The van der Waals surface area contributed by atoms with Crippen molar-refractivity contribution in [1.29, 1.82) is 0 Å². The first-order valence-corrected chi connectivity index (χ1v) is 9.73. The number of thiazole rings is 1. The van der Waals surface area contributed by atoms with Crippen molar-refractivity contribution in [3.63, 3.8) is 0 Å². The Hall–Kier alpha value is -1.87. The number of fused-ring (bicyclic) bond motifs is 1. The summed E-state index contributed by atoms with van der Waals surface area (Å²) in [5.41, 5.74) is 5.33. The van der Waals surface area contributed by atoms with Gasteiger partial charge >= 0.3 is 0 Å². The third-order valence-corrected chi connectivity index (χ3v) is 5.47. The molecule has 24 heavy (non-hydrogen) atoms. The summed E-state index contributed by atoms with van der Waals surface area (Å²) in [6.07, 6.45) is 9.70. The fourth-order valence-electron chi connectivity index (χ4n) is 3.39. The summed E-state index contributed by atoms with van der Waals surface area (Å²) in [6.45, 7) is 7.67. The number of anilines is 1. The first-order chi connectivity index (χ1) is 11.7. The molecule has 0 radical (unpaired) electrons. The lowest BCUT2D eigenvalue weighted by molar-refractivity contribution is 0.644. The van der Waals surface area contributed by atoms with Crippen molar-refractivity contribution >= 4 is 22.6 Å². The van der Waals surface area contributed by atoms with Crippen LogP contribution in [0.5, 0.6) is 0 Å². The number of para-hydroxylation sites is 1. The zero-order valence-corrected chi connectivity index (χ0v) is 15.6. The monoisotopic (exact) mass is 338 g/mol. The molecule has 1 aromatic carbocycles. The lowest BCUT2D eigenvalue weighted by Crippen LogP contribution is -2.33. The molecule has 1 unspecified atom stereocenters. The van der Waals surface area contributed by atoms with Crippen LogP contribution in [0, 0.1) is 0 Å². The molecule has 0 bridgehead atoms. The normalized spacial score (nSPS) is 16.0. The summed E-state index contributed by atoms with van der Waals surface area (Å²) < 4.78 is 0. The molecule has 2 heterocycles. The average molecular weight is 339 g/mol. The van der Waals surface area contributed by atoms with Crippen LogP contribution in [0.4, 0.5) is 5.69 Å². The second-order valence-electron chi connectivity index (χ2n) is 6.34. The van der Waals surface area contributed by atoms with Crippen molar-refractivity contribution in [2.24, 2.45) is 0 Å². The Morgan fingerprint density at radius 2 is 2.21 bits per heavy atom. The summed E-state index contributed by atoms with van der Waals surface area (Å²) in [5.74, 6) is 0. The molecule has 1 aliphatic heterocycles. The van der Waals surface area contributed by atoms with Crippen LogP contribution in [0.1, 0.15) is 43.5 Å². The van der Waals surface area contributed by atoms with Crippen LogP contribution in [0.2, 0.25) is 0 Å². The number of rotatable bonds is 6. The minimum absolute atomic E-state index is 0.476. The Kier molecular flexibility index (Phi) is 5.52. The molecule has 126 valence electrons. The number of hydrogen-bond donors (Lipinski definition) is 0. The average Bonchev–Trinajstić information content (AvgIpc) is 3.21. The van der Waals surface area contributed by atoms with Gasteiger partial charge in [-0.3, -0.25) is 0 Å². The van der Waals surface area contributed by atoms with Crippen molar-refractivity contribution < 1.29 is 0 Å². The smallest absolute Gasteiger partial charge is 0.123 e. The highest BCUT2D eigenvalue weighted by Crippen LogP contribution is 2.30. The maximum Gasteiger partial charge on any atom is 0.123 e. The standard InChI is InChI=1S/C21H26N2S/c1-4-8-18(9-5-2)21-22-19(15-24-21)14-16(3)23-13-12-17-10-6-7-11-20(17)23/h4,6-11,15-16H,5,12-14H2,1-3H3/b8-4-,18-9+. The molecule has 0 aliphatic carbocycles. The van der Waals surface area contributed by atoms with E-state index in [0.29, 0.717) is 6.04 Å². The third kappa shape index (κ3) is 3.62. The topological polar surface area (TPSA) is 16.1 Å². The van der Waals surface area contributed by atoms with Crippen LogP contribution in [-0.4, -0.2) is 17.6 Å². The molecule has 0 N–H and O–H groups in total. The zero-order chi connectivity index (χ0) is 16.9. The van der Waals surface area contributed by atoms with E-state index in [1.165, 1.54) is 22.5 Å². The summed E-state index contributed by atoms with van der Waals surface area (Å²) in [7, 11) is 0. The van der Waals surface area contributed by atoms with E-state index in [4.69, 9.17) is 4.98 Å². The van der Waals surface area contributed by atoms with Gasteiger partial charge in [0.25, 0.3) is 0 Å². The first kappa shape index (κ1) is 17.0. The molecule has 2 aromatic rings. The maximum atomic E-state index is 4.89. The van der Waals surface area contributed by atoms with Gasteiger partial charge in [-0.15, -0.1) is 11.3 Å². The van der Waals surface area contributed by atoms with Crippen LogP contribution in [-0.2, 0) is 12.8 Å². The van der Waals surface area contributed by atoms with Crippen molar-refractivity contribution in [3.8, 4) is 0 Å². The van der Waals surface area contributed by atoms with Gasteiger partial charge < -0.3 is 4.90 Å². The Labute approximate surface area is 149 Å². The molecule has 0 saturated carbocycles. The number of allylic oxidation sites excluding steroid dienone is 4. The molecule has 1 aromatic heterocycles. The second kappa shape index (κ2) is 7.80. The largest absolute Gasteiger partial charge is 0.368 e. The second-order valence-corrected chi connectivity index (χ2v) is 7.20. The number of benzene rings is 1. The SMILES string of the molecule is C/C=C\C(=C/CC)c1nc(CC(C)N2CCc3ccccc32)cs1. The molecule has 3 heteroatoms. The van der Waals surface area contributed by atoms with Gasteiger partial charge in [0.2, 0.25) is 0 Å². The number of nitrogens with zero attached hydrogens (tertiary/aromatic N) is 2. The van der Waals surface area contributed by atoms with Crippen LogP contribution in [0.3, 0.4) is 0 Å². The highest BCUT2D eigenvalue weighted by molar-refractivity contribution is 7.10. The summed E-state index contributed by atoms with van der Waals surface area (Å²) in [4.78, 5) is 7.42. The van der Waals surface area contributed by atoms with E-state index in [9.17, 15) is 0 Å². The molecule has 1 atom stereocenters. The Balaban J connectivity index is 1.72. The fraction of sp³-hybridized carbons (Fsp3) is 0.381. The minimum atomic E-state index is 0.476. The van der Waals surface area contributed by atoms with Crippen molar-refractivity contribution in [3.05, 3.63) is 64.1 Å². The van der Waals surface area contributed by atoms with Crippen molar-refractivity contribution in [2.45, 2.75) is 46.1 Å². The zero-order valence-electron chi connectivity index (χ0n) is 14.8. The molecule has 3 rings (SSSR count). The van der Waals surface area contributed by atoms with Gasteiger partial charge in [0.15, 0.2) is 0 Å². The summed E-state index contributed by atoms with van der Waals surface area (Å²) >= 11 is 1.76. The highest BCUT2D eigenvalue weighted by Gasteiger charge is 2.23. The van der Waals surface area contributed by atoms with Gasteiger partial charge in [-0.2, -0.15) is 0 Å². The predicted molar refractivity (Wildman–Crippen MR) is 106 cm³/mol. The van der Waals surface area contributed by atoms with Gasteiger partial charge in [0.1, 0.15) is 5.01 Å². The van der Waals surface area contributed by atoms with E-state index >= 15 is 0 Å². The molecule has 0 spiro atoms. The van der Waals surface area contributed by atoms with Crippen molar-refractivity contribution in [2.75, 3.05) is 11.4 Å². The first-order valence-electron chi connectivity index (χ1n) is 8.85. The molecular formula is C21H26N2S.